The van der Waals surface area contributed by atoms with Crippen molar-refractivity contribution in [2.75, 3.05) is 7.11 Å². The van der Waals surface area contributed by atoms with Crippen LogP contribution in [0.4, 0.5) is 0 Å². The summed E-state index contributed by atoms with van der Waals surface area (Å²) in [5, 5.41) is 12.5. The van der Waals surface area contributed by atoms with Crippen molar-refractivity contribution >= 4 is 11.9 Å². The topological polar surface area (TPSA) is 75.6 Å². The van der Waals surface area contributed by atoms with Crippen LogP contribution in [-0.4, -0.2) is 24.1 Å². The second-order valence-electron chi connectivity index (χ2n) is 5.57. The van der Waals surface area contributed by atoms with Gasteiger partial charge in [-0.15, -0.1) is 0 Å². The zero-order valence-corrected chi connectivity index (χ0v) is 14.0. The second-order valence-corrected chi connectivity index (χ2v) is 5.57. The van der Waals surface area contributed by atoms with Crippen molar-refractivity contribution in [3.63, 3.8) is 0 Å². The van der Waals surface area contributed by atoms with Crippen molar-refractivity contribution in [1.29, 1.82) is 0 Å². The molecule has 1 amide bonds. The minimum absolute atomic E-state index is 0.229. The van der Waals surface area contributed by atoms with Gasteiger partial charge < -0.3 is 15.2 Å². The highest BCUT2D eigenvalue weighted by Gasteiger charge is 2.40. The molecule has 5 nitrogen and oxygen atoms in total. The SMILES string of the molecule is CCC(NC(=O)c1ccc(OC)cc1C)(C(=O)O)c1ccccc1. The van der Waals surface area contributed by atoms with E-state index in [4.69, 9.17) is 4.74 Å². The molecule has 0 aromatic heterocycles. The largest absolute Gasteiger partial charge is 0.497 e. The lowest BCUT2D eigenvalue weighted by molar-refractivity contribution is -0.145. The Hall–Kier alpha value is -2.82. The summed E-state index contributed by atoms with van der Waals surface area (Å²) >= 11 is 0. The van der Waals surface area contributed by atoms with Crippen molar-refractivity contribution in [3.05, 3.63) is 65.2 Å². The Morgan fingerprint density at radius 1 is 1.17 bits per heavy atom. The molecule has 2 aromatic carbocycles. The first-order chi connectivity index (χ1) is 11.4. The van der Waals surface area contributed by atoms with Gasteiger partial charge in [0.25, 0.3) is 5.91 Å². The van der Waals surface area contributed by atoms with Crippen molar-refractivity contribution in [3.8, 4) is 5.75 Å². The molecule has 1 unspecified atom stereocenters. The molecule has 0 radical (unpaired) electrons. The third kappa shape index (κ3) is 3.25. The van der Waals surface area contributed by atoms with Gasteiger partial charge in [-0.3, -0.25) is 4.79 Å². The van der Waals surface area contributed by atoms with E-state index in [9.17, 15) is 14.7 Å². The molecule has 0 bridgehead atoms. The second kappa shape index (κ2) is 7.17. The lowest BCUT2D eigenvalue weighted by Gasteiger charge is -2.30. The van der Waals surface area contributed by atoms with Crippen LogP contribution < -0.4 is 10.1 Å². The number of ether oxygens (including phenoxy) is 1. The van der Waals surface area contributed by atoms with E-state index >= 15 is 0 Å². The maximum atomic E-state index is 12.7. The first kappa shape index (κ1) is 17.5. The molecular weight excluding hydrogens is 306 g/mol. The van der Waals surface area contributed by atoms with Crippen molar-refractivity contribution in [2.45, 2.75) is 25.8 Å². The van der Waals surface area contributed by atoms with Gasteiger partial charge in [0.2, 0.25) is 0 Å². The fourth-order valence-electron chi connectivity index (χ4n) is 2.69. The minimum atomic E-state index is -1.47. The van der Waals surface area contributed by atoms with Gasteiger partial charge in [0.1, 0.15) is 5.75 Å². The zero-order chi connectivity index (χ0) is 17.7. The van der Waals surface area contributed by atoms with Crippen LogP contribution in [0.2, 0.25) is 0 Å². The van der Waals surface area contributed by atoms with E-state index in [0.29, 0.717) is 16.9 Å². The molecule has 0 heterocycles. The first-order valence-corrected chi connectivity index (χ1v) is 7.70. The predicted octanol–water partition coefficient (Wildman–Crippen LogP) is 3.12. The number of carboxylic acid groups (broad SMARTS) is 1. The fraction of sp³-hybridized carbons (Fsp3) is 0.263. The summed E-state index contributed by atoms with van der Waals surface area (Å²) in [7, 11) is 1.55. The van der Waals surface area contributed by atoms with Gasteiger partial charge in [-0.2, -0.15) is 0 Å². The molecule has 0 aliphatic heterocycles. The summed E-state index contributed by atoms with van der Waals surface area (Å²) in [4.78, 5) is 24.7. The Labute approximate surface area is 141 Å². The van der Waals surface area contributed by atoms with E-state index in [0.717, 1.165) is 5.56 Å². The molecule has 24 heavy (non-hydrogen) atoms. The molecule has 0 fully saturated rings. The highest BCUT2D eigenvalue weighted by molar-refractivity contribution is 5.99. The summed E-state index contributed by atoms with van der Waals surface area (Å²) < 4.78 is 5.13. The van der Waals surface area contributed by atoms with E-state index < -0.39 is 17.4 Å². The molecule has 126 valence electrons. The molecule has 2 N–H and O–H groups in total. The number of amides is 1. The van der Waals surface area contributed by atoms with Crippen LogP contribution in [0.25, 0.3) is 0 Å². The third-order valence-corrected chi connectivity index (χ3v) is 4.17. The number of aliphatic carboxylic acids is 1. The van der Waals surface area contributed by atoms with Gasteiger partial charge in [0, 0.05) is 5.56 Å². The minimum Gasteiger partial charge on any atom is -0.497 e. The lowest BCUT2D eigenvalue weighted by atomic mass is 9.86. The van der Waals surface area contributed by atoms with Crippen molar-refractivity contribution < 1.29 is 19.4 Å². The molecule has 2 aromatic rings. The Bertz CT molecular complexity index is 742. The first-order valence-electron chi connectivity index (χ1n) is 7.70. The number of rotatable bonds is 6. The number of benzene rings is 2. The number of methoxy groups -OCH3 is 1. The van der Waals surface area contributed by atoms with Crippen LogP contribution in [0.15, 0.2) is 48.5 Å². The summed E-state index contributed by atoms with van der Waals surface area (Å²) in [5.41, 5.74) is 0.214. The third-order valence-electron chi connectivity index (χ3n) is 4.17. The molecule has 5 heteroatoms. The highest BCUT2D eigenvalue weighted by Crippen LogP contribution is 2.27. The Balaban J connectivity index is 2.40. The normalized spacial score (nSPS) is 13.0. The van der Waals surface area contributed by atoms with Crippen LogP contribution >= 0.6 is 0 Å². The van der Waals surface area contributed by atoms with E-state index in [1.165, 1.54) is 0 Å². The fourth-order valence-corrected chi connectivity index (χ4v) is 2.69. The molecule has 1 atom stereocenters. The average Bonchev–Trinajstić information content (AvgIpc) is 2.59. The maximum Gasteiger partial charge on any atom is 0.334 e. The number of carbonyl (C=O) groups excluding carboxylic acids is 1. The smallest absolute Gasteiger partial charge is 0.334 e. The van der Waals surface area contributed by atoms with Crippen molar-refractivity contribution in [2.24, 2.45) is 0 Å². The molecule has 0 aliphatic rings. The molecule has 2 rings (SSSR count). The van der Waals surface area contributed by atoms with Crippen LogP contribution in [0.5, 0.6) is 5.75 Å². The number of carbonyl (C=O) groups is 2. The highest BCUT2D eigenvalue weighted by atomic mass is 16.5. The van der Waals surface area contributed by atoms with E-state index in [1.54, 1.807) is 69.5 Å². The molecule has 0 spiro atoms. The standard InChI is InChI=1S/C19H21NO4/c1-4-19(18(22)23,14-8-6-5-7-9-14)20-17(21)16-11-10-15(24-3)12-13(16)2/h5-12H,4H2,1-3H3,(H,20,21)(H,22,23). The summed E-state index contributed by atoms with van der Waals surface area (Å²) in [6.45, 7) is 3.52. The Morgan fingerprint density at radius 2 is 1.83 bits per heavy atom. The quantitative estimate of drug-likeness (QED) is 0.855. The van der Waals surface area contributed by atoms with Gasteiger partial charge in [-0.1, -0.05) is 37.3 Å². The number of hydrogen-bond donors (Lipinski definition) is 2. The van der Waals surface area contributed by atoms with Gasteiger partial charge in [0.15, 0.2) is 5.54 Å². The monoisotopic (exact) mass is 327 g/mol. The molecular formula is C19H21NO4. The van der Waals surface area contributed by atoms with Gasteiger partial charge in [-0.05, 0) is 42.7 Å². The maximum absolute atomic E-state index is 12.7. The lowest BCUT2D eigenvalue weighted by Crippen LogP contribution is -2.51. The van der Waals surface area contributed by atoms with E-state index in [-0.39, 0.29) is 6.42 Å². The number of nitrogens with one attached hydrogen (secondary N) is 1. The summed E-state index contributed by atoms with van der Waals surface area (Å²) in [5.74, 6) is -0.869. The van der Waals surface area contributed by atoms with Gasteiger partial charge >= 0.3 is 5.97 Å². The van der Waals surface area contributed by atoms with E-state index in [2.05, 4.69) is 5.32 Å². The van der Waals surface area contributed by atoms with Gasteiger partial charge in [-0.25, -0.2) is 4.79 Å². The number of hydrogen-bond acceptors (Lipinski definition) is 3. The molecule has 0 aliphatic carbocycles. The average molecular weight is 327 g/mol. The number of carboxylic acids is 1. The van der Waals surface area contributed by atoms with Crippen LogP contribution in [0.1, 0.15) is 34.8 Å². The predicted molar refractivity (Wildman–Crippen MR) is 91.2 cm³/mol. The number of aryl methyl sites for hydroxylation is 1. The summed E-state index contributed by atoms with van der Waals surface area (Å²) in [6.07, 6.45) is 0.229. The summed E-state index contributed by atoms with van der Waals surface area (Å²) in [6, 6.07) is 13.8. The van der Waals surface area contributed by atoms with Crippen LogP contribution in [-0.2, 0) is 10.3 Å². The zero-order valence-electron chi connectivity index (χ0n) is 14.0. The van der Waals surface area contributed by atoms with Crippen LogP contribution in [0, 0.1) is 6.92 Å². The molecule has 0 saturated carbocycles. The Kier molecular flexibility index (Phi) is 5.24. The van der Waals surface area contributed by atoms with Crippen molar-refractivity contribution in [1.82, 2.24) is 5.32 Å². The van der Waals surface area contributed by atoms with Crippen LogP contribution in [0.3, 0.4) is 0 Å². The van der Waals surface area contributed by atoms with E-state index in [1.807, 2.05) is 0 Å². The van der Waals surface area contributed by atoms with Gasteiger partial charge in [0.05, 0.1) is 7.11 Å². The molecule has 0 saturated heterocycles. The Morgan fingerprint density at radius 3 is 2.33 bits per heavy atom.